The van der Waals surface area contributed by atoms with Gasteiger partial charge in [0.05, 0.1) is 27.5 Å². The highest BCUT2D eigenvalue weighted by atomic mass is 15.0. The number of hydrogen-bond donors (Lipinski definition) is 0. The molecule has 12 bridgehead atoms. The van der Waals surface area contributed by atoms with E-state index in [9.17, 15) is 0 Å². The van der Waals surface area contributed by atoms with Crippen LogP contribution < -0.4 is 0 Å². The smallest absolute Gasteiger partial charge is 0.0725 e. The number of fused-ring (bicyclic) bond motifs is 17. The highest BCUT2D eigenvalue weighted by molar-refractivity contribution is 6.13. The van der Waals surface area contributed by atoms with E-state index in [2.05, 4.69) is 447 Å². The van der Waals surface area contributed by atoms with Gasteiger partial charge in [-0.1, -0.05) is 384 Å². The van der Waals surface area contributed by atoms with Crippen molar-refractivity contribution in [1.82, 2.24) is 9.13 Å². The lowest BCUT2D eigenvalue weighted by molar-refractivity contribution is -0.0282. The quantitative estimate of drug-likeness (QED) is 0.0912. The molecule has 18 aromatic carbocycles. The van der Waals surface area contributed by atoms with Crippen molar-refractivity contribution in [3.63, 3.8) is 0 Å². The van der Waals surface area contributed by atoms with Gasteiger partial charge in [0.2, 0.25) is 0 Å². The van der Waals surface area contributed by atoms with E-state index in [1.165, 1.54) is 311 Å². The van der Waals surface area contributed by atoms with Crippen molar-refractivity contribution in [3.05, 3.63) is 522 Å². The second-order valence-corrected chi connectivity index (χ2v) is 48.0. The van der Waals surface area contributed by atoms with Gasteiger partial charge in [-0.05, 0) is 431 Å². The number of aromatic nitrogens is 2. The fourth-order valence-corrected chi connectivity index (χ4v) is 34.5. The number of para-hydroxylation sites is 3. The van der Waals surface area contributed by atoms with E-state index >= 15 is 0 Å². The monoisotopic (exact) mass is 1920 g/mol. The minimum atomic E-state index is -0.290. The SMILES string of the molecule is C=Cc1ccc(C23CC4CC(C2)CC(c2ccc(-c5ccc(-c6ccc7c(c6)-c6ccccc6C76c7ccccc7-c7ccccc76)cc5)cc2)(C4)C3)cc1.C=Cc1ccc(C23CC4CC(C2)CC(c2ccc(-c5ccc6c(c5)c5cc(-c7ccc8c(c7)CC8)ccc5n6-c5ccccc5)cc2)(C4)C3)cc1.C=Cc1ccc(C23CC4CC(C2)CC(c2ccc(-c5ccc6c(c5)c5ccccc5n6-c5ccccc5)cc2)(C4)C3)cc1. The summed E-state index contributed by atoms with van der Waals surface area (Å²) in [5.41, 5.74) is 49.0. The summed E-state index contributed by atoms with van der Waals surface area (Å²) >= 11 is 0. The molecule has 0 radical (unpaired) electrons. The van der Waals surface area contributed by atoms with Crippen molar-refractivity contribution in [3.8, 4) is 89.3 Å². The number of benzene rings is 18. The van der Waals surface area contributed by atoms with Gasteiger partial charge in [-0.25, -0.2) is 0 Å². The third kappa shape index (κ3) is 14.1. The zero-order valence-corrected chi connectivity index (χ0v) is 85.2. The molecule has 2 aromatic heterocycles. The average molecular weight is 1920 g/mol. The van der Waals surface area contributed by atoms with E-state index in [1.54, 1.807) is 33.4 Å². The molecular formula is C147H124N2. The summed E-state index contributed by atoms with van der Waals surface area (Å²) in [7, 11) is 0. The normalized spacial score (nSPS) is 24.8. The molecule has 722 valence electrons. The molecule has 20 aromatic rings. The lowest BCUT2D eigenvalue weighted by Gasteiger charge is -2.63. The molecule has 0 N–H and O–H groups in total. The molecule has 35 rings (SSSR count). The summed E-state index contributed by atoms with van der Waals surface area (Å²) in [6, 6.07) is 160. The van der Waals surface area contributed by atoms with Gasteiger partial charge in [0.1, 0.15) is 0 Å². The molecule has 12 fully saturated rings. The van der Waals surface area contributed by atoms with Gasteiger partial charge < -0.3 is 9.13 Å². The zero-order valence-electron chi connectivity index (χ0n) is 85.2. The Kier molecular flexibility index (Phi) is 20.4. The first kappa shape index (κ1) is 89.0. The van der Waals surface area contributed by atoms with Gasteiger partial charge in [0, 0.05) is 32.9 Å². The lowest BCUT2D eigenvalue weighted by atomic mass is 9.41. The molecule has 6 atom stereocenters. The first-order valence-electron chi connectivity index (χ1n) is 55.7. The molecule has 2 heterocycles. The largest absolute Gasteiger partial charge is 0.309 e. The predicted octanol–water partition coefficient (Wildman–Crippen LogP) is 37.3. The van der Waals surface area contributed by atoms with E-state index in [-0.39, 0.29) is 5.41 Å². The Balaban J connectivity index is 0.000000104. The van der Waals surface area contributed by atoms with Crippen LogP contribution in [-0.2, 0) is 50.7 Å². The minimum Gasteiger partial charge on any atom is -0.309 e. The van der Waals surface area contributed by atoms with Crippen LogP contribution >= 0.6 is 0 Å². The summed E-state index contributed by atoms with van der Waals surface area (Å²) in [6.45, 7) is 12.0. The third-order valence-corrected chi connectivity index (χ3v) is 39.8. The van der Waals surface area contributed by atoms with Gasteiger partial charge in [0.15, 0.2) is 0 Å². The van der Waals surface area contributed by atoms with Crippen LogP contribution in [-0.4, -0.2) is 9.13 Å². The van der Waals surface area contributed by atoms with Crippen molar-refractivity contribution in [2.24, 2.45) is 35.5 Å². The number of hydrogen-bond acceptors (Lipinski definition) is 0. The van der Waals surface area contributed by atoms with Crippen molar-refractivity contribution in [2.45, 2.75) is 166 Å². The van der Waals surface area contributed by atoms with E-state index in [4.69, 9.17) is 0 Å². The zero-order chi connectivity index (χ0) is 98.7. The summed E-state index contributed by atoms with van der Waals surface area (Å²) in [4.78, 5) is 0. The molecule has 12 saturated carbocycles. The maximum atomic E-state index is 3.99. The first-order valence-corrected chi connectivity index (χ1v) is 55.7. The van der Waals surface area contributed by atoms with Crippen LogP contribution in [0.5, 0.6) is 0 Å². The van der Waals surface area contributed by atoms with Crippen LogP contribution in [0.2, 0.25) is 0 Å². The van der Waals surface area contributed by atoms with Crippen LogP contribution in [0.3, 0.4) is 0 Å². The highest BCUT2D eigenvalue weighted by Crippen LogP contribution is 2.71. The molecule has 0 saturated heterocycles. The first-order chi connectivity index (χ1) is 73.3. The summed E-state index contributed by atoms with van der Waals surface area (Å²) < 4.78 is 4.83. The Morgan fingerprint density at radius 3 is 0.805 bits per heavy atom. The Labute approximate surface area is 877 Å². The summed E-state index contributed by atoms with van der Waals surface area (Å²) in [6.07, 6.45) is 32.8. The van der Waals surface area contributed by atoms with Crippen LogP contribution in [0.1, 0.15) is 199 Å². The summed E-state index contributed by atoms with van der Waals surface area (Å²) in [5, 5.41) is 5.24. The molecule has 0 aliphatic heterocycles. The Morgan fingerprint density at radius 2 is 0.456 bits per heavy atom. The van der Waals surface area contributed by atoms with Gasteiger partial charge in [-0.2, -0.15) is 0 Å². The highest BCUT2D eigenvalue weighted by Gasteiger charge is 2.62. The molecule has 6 unspecified atom stereocenters. The van der Waals surface area contributed by atoms with Crippen LogP contribution in [0.4, 0.5) is 0 Å². The van der Waals surface area contributed by atoms with E-state index in [0.717, 1.165) is 35.5 Å². The van der Waals surface area contributed by atoms with E-state index in [1.807, 2.05) is 18.2 Å². The summed E-state index contributed by atoms with van der Waals surface area (Å²) in [5.74, 6) is 5.07. The Bertz CT molecular complexity index is 8690. The fraction of sp³-hybridized carbons (Fsp3) is 0.224. The number of aryl methyl sites for hydroxylation is 2. The maximum Gasteiger partial charge on any atom is 0.0725 e. The topological polar surface area (TPSA) is 9.86 Å². The lowest BCUT2D eigenvalue weighted by Crippen LogP contribution is -2.55. The molecule has 149 heavy (non-hydrogen) atoms. The average Bonchev–Trinajstić information content (AvgIpc) is 1.50. The van der Waals surface area contributed by atoms with Gasteiger partial charge >= 0.3 is 0 Å². The Morgan fingerprint density at radius 1 is 0.201 bits per heavy atom. The molecule has 1 spiro atoms. The van der Waals surface area contributed by atoms with E-state index < -0.39 is 0 Å². The fourth-order valence-electron chi connectivity index (χ4n) is 34.5. The molecular weight excluding hydrogens is 1790 g/mol. The van der Waals surface area contributed by atoms with Gasteiger partial charge in [-0.15, -0.1) is 0 Å². The van der Waals surface area contributed by atoms with Crippen molar-refractivity contribution in [1.29, 1.82) is 0 Å². The van der Waals surface area contributed by atoms with Crippen LogP contribution in [0.15, 0.2) is 438 Å². The second kappa shape index (κ2) is 34.2. The van der Waals surface area contributed by atoms with Crippen molar-refractivity contribution < 1.29 is 0 Å². The van der Waals surface area contributed by atoms with Crippen LogP contribution in [0, 0.1) is 35.5 Å². The standard InChI is InChI=1S/C55H44.C50H43N.C42H37N/c1-2-36-15-24-43(25-16-36)53-31-37-29-38(32-53)34-54(33-37,35-53)44-26-21-40(22-27-44)39-17-19-41(20-18-39)42-23-28-52-48(30-42)47-11-5-8-14-51(47)55(52)49-12-6-3-9-45(49)46-10-4-7-13-50(46)55;1-2-33-8-18-42(19-9-33)49-28-34-24-35(29-49)31-50(30-34,32-49)43-20-14-37(15-21-43)40-16-22-47-45(26-40)46-27-41(39-13-11-36-10-12-38(36)25-39)17-23-48(46)51(47)44-6-4-3-5-7-44;1-2-29-12-17-34(18-13-29)41-24-30-22-31(25-41)27-42(26-30,28-41)35-19-14-32(15-20-35)33-16-21-40-38(23-33)37-10-6-7-11-39(37)43(40)36-8-4-3-5-9-36/h2-28,30,37-38H,1,29,31-35H2;2-9,11,13-23,25-27,34-35H,1,10,12,24,28-32H2;2-21,23,30-31H,1,22,24-28H2. The van der Waals surface area contributed by atoms with Crippen LogP contribution in [0.25, 0.3) is 151 Å². The molecule has 2 heteroatoms. The number of nitrogens with zero attached hydrogens (tertiary/aromatic N) is 2. The molecule has 15 aliphatic carbocycles. The minimum absolute atomic E-state index is 0.290. The Hall–Kier alpha value is -15.2. The molecule has 15 aliphatic rings. The maximum absolute atomic E-state index is 3.99. The second-order valence-electron chi connectivity index (χ2n) is 48.0. The van der Waals surface area contributed by atoms with Gasteiger partial charge in [0.25, 0.3) is 0 Å². The molecule has 0 amide bonds. The van der Waals surface area contributed by atoms with Crippen molar-refractivity contribution >= 4 is 61.8 Å². The van der Waals surface area contributed by atoms with Gasteiger partial charge in [-0.3, -0.25) is 0 Å². The third-order valence-electron chi connectivity index (χ3n) is 39.8. The molecule has 2 nitrogen and oxygen atoms in total. The number of rotatable bonds is 16. The predicted molar refractivity (Wildman–Crippen MR) is 623 cm³/mol. The van der Waals surface area contributed by atoms with E-state index in [0.29, 0.717) is 32.5 Å². The van der Waals surface area contributed by atoms with Crippen molar-refractivity contribution in [2.75, 3.05) is 0 Å².